The van der Waals surface area contributed by atoms with E-state index in [4.69, 9.17) is 21.1 Å². The molecule has 1 heterocycles. The number of amides is 2. The van der Waals surface area contributed by atoms with E-state index in [2.05, 4.69) is 0 Å². The second-order valence-electron chi connectivity index (χ2n) is 8.34. The summed E-state index contributed by atoms with van der Waals surface area (Å²) in [6.45, 7) is 3.25. The molecule has 1 saturated heterocycles. The number of hydrogen-bond acceptors (Lipinski definition) is 6. The summed E-state index contributed by atoms with van der Waals surface area (Å²) in [5, 5.41) is 0.600. The first-order valence-corrected chi connectivity index (χ1v) is 13.5. The van der Waals surface area contributed by atoms with Gasteiger partial charge >= 0.3 is 0 Å². The van der Waals surface area contributed by atoms with Crippen LogP contribution in [0.4, 0.5) is 0 Å². The molecule has 1 aromatic carbocycles. The summed E-state index contributed by atoms with van der Waals surface area (Å²) in [7, 11) is -0.604. The molecule has 0 saturated carbocycles. The number of rotatable bonds is 13. The van der Waals surface area contributed by atoms with Gasteiger partial charge in [0, 0.05) is 51.5 Å². The highest BCUT2D eigenvalue weighted by atomic mass is 35.5. The van der Waals surface area contributed by atoms with Gasteiger partial charge in [-0.25, -0.2) is 8.42 Å². The van der Waals surface area contributed by atoms with Crippen molar-refractivity contribution in [2.24, 2.45) is 0 Å². The Morgan fingerprint density at radius 2 is 1.76 bits per heavy atom. The van der Waals surface area contributed by atoms with Crippen molar-refractivity contribution in [3.8, 4) is 0 Å². The van der Waals surface area contributed by atoms with Gasteiger partial charge in [-0.1, -0.05) is 30.7 Å². The molecule has 0 aromatic heterocycles. The van der Waals surface area contributed by atoms with Gasteiger partial charge in [0.25, 0.3) is 0 Å². The zero-order chi connectivity index (χ0) is 25.1. The van der Waals surface area contributed by atoms with Crippen molar-refractivity contribution in [3.05, 3.63) is 34.9 Å². The van der Waals surface area contributed by atoms with Gasteiger partial charge in [-0.15, -0.1) is 0 Å². The van der Waals surface area contributed by atoms with Gasteiger partial charge in [-0.05, 0) is 37.0 Å². The molecular formula is C23H36ClN3O6S. The maximum Gasteiger partial charge on any atom is 0.248 e. The second-order valence-corrected chi connectivity index (χ2v) is 10.9. The zero-order valence-electron chi connectivity index (χ0n) is 20.2. The Hall–Kier alpha value is -1.72. The van der Waals surface area contributed by atoms with Crippen LogP contribution in [0.15, 0.2) is 24.3 Å². The van der Waals surface area contributed by atoms with Crippen molar-refractivity contribution < 1.29 is 27.5 Å². The molecule has 0 aliphatic carbocycles. The molecular weight excluding hydrogens is 482 g/mol. The molecule has 11 heteroatoms. The van der Waals surface area contributed by atoms with Crippen molar-refractivity contribution in [2.75, 3.05) is 59.4 Å². The first kappa shape index (κ1) is 28.5. The number of likely N-dealkylation sites (tertiary alicyclic amines) is 1. The van der Waals surface area contributed by atoms with E-state index in [0.717, 1.165) is 5.56 Å². The Morgan fingerprint density at radius 1 is 1.12 bits per heavy atom. The molecule has 0 N–H and O–H groups in total. The fraction of sp³-hybridized carbons (Fsp3) is 0.652. The lowest BCUT2D eigenvalue weighted by atomic mass is 10.0. The second kappa shape index (κ2) is 14.0. The van der Waals surface area contributed by atoms with Gasteiger partial charge in [0.2, 0.25) is 21.8 Å². The van der Waals surface area contributed by atoms with Crippen molar-refractivity contribution in [1.82, 2.24) is 14.1 Å². The first-order valence-electron chi connectivity index (χ1n) is 11.5. The van der Waals surface area contributed by atoms with E-state index in [1.807, 2.05) is 12.1 Å². The normalized spacial score (nSPS) is 15.0. The van der Waals surface area contributed by atoms with E-state index in [0.29, 0.717) is 43.9 Å². The zero-order valence-corrected chi connectivity index (χ0v) is 21.8. The highest BCUT2D eigenvalue weighted by Gasteiger charge is 2.32. The number of carbonyl (C=O) groups excluding carboxylic acids is 2. The summed E-state index contributed by atoms with van der Waals surface area (Å²) in [6, 6.07) is 7.13. The van der Waals surface area contributed by atoms with E-state index < -0.39 is 10.0 Å². The third-order valence-corrected chi connectivity index (χ3v) is 8.10. The molecule has 34 heavy (non-hydrogen) atoms. The van der Waals surface area contributed by atoms with Gasteiger partial charge < -0.3 is 19.3 Å². The summed E-state index contributed by atoms with van der Waals surface area (Å²) in [5.74, 6) is -0.374. The summed E-state index contributed by atoms with van der Waals surface area (Å²) >= 11 is 6.01. The number of halogens is 1. The third kappa shape index (κ3) is 8.49. The first-order chi connectivity index (χ1) is 16.2. The highest BCUT2D eigenvalue weighted by molar-refractivity contribution is 7.89. The number of carbonyl (C=O) groups is 2. The molecule has 1 fully saturated rings. The van der Waals surface area contributed by atoms with Gasteiger partial charge in [0.15, 0.2) is 0 Å². The van der Waals surface area contributed by atoms with Crippen LogP contribution in [0.5, 0.6) is 0 Å². The SMILES string of the molecule is CCCS(=O)(=O)N(CCOC)CC(=O)N(Cc1ccc(Cl)cc1)C1CCN(C(=O)COC)CC1. The molecule has 0 spiro atoms. The fourth-order valence-electron chi connectivity index (χ4n) is 3.99. The van der Waals surface area contributed by atoms with Crippen LogP contribution in [-0.4, -0.2) is 99.7 Å². The average Bonchev–Trinajstić information content (AvgIpc) is 2.81. The molecule has 0 radical (unpaired) electrons. The molecule has 1 aromatic rings. The maximum atomic E-state index is 13.5. The van der Waals surface area contributed by atoms with E-state index in [1.54, 1.807) is 28.9 Å². The summed E-state index contributed by atoms with van der Waals surface area (Å²) in [5.41, 5.74) is 0.899. The average molecular weight is 518 g/mol. The number of hydrogen-bond donors (Lipinski definition) is 0. The Kier molecular flexibility index (Phi) is 11.7. The minimum atomic E-state index is -3.59. The van der Waals surface area contributed by atoms with E-state index in [-0.39, 0.29) is 49.9 Å². The van der Waals surface area contributed by atoms with E-state index in [9.17, 15) is 18.0 Å². The van der Waals surface area contributed by atoms with Crippen LogP contribution in [0.2, 0.25) is 5.02 Å². The standard InChI is InChI=1S/C23H36ClN3O6S/c1-4-15-34(30,31)26(13-14-32-2)17-22(28)27(16-19-5-7-20(24)8-6-19)21-9-11-25(12-10-21)23(29)18-33-3/h5-8,21H,4,9-18H2,1-3H3. The lowest BCUT2D eigenvalue weighted by molar-refractivity contribution is -0.139. The van der Waals surface area contributed by atoms with Crippen LogP contribution >= 0.6 is 11.6 Å². The van der Waals surface area contributed by atoms with E-state index in [1.165, 1.54) is 18.5 Å². The lowest BCUT2D eigenvalue weighted by Crippen LogP contribution is -2.52. The Bertz CT molecular complexity index is 888. The molecule has 1 aliphatic heterocycles. The predicted octanol–water partition coefficient (Wildman–Crippen LogP) is 1.99. The smallest absolute Gasteiger partial charge is 0.248 e. The number of nitrogens with zero attached hydrogens (tertiary/aromatic N) is 3. The van der Waals surface area contributed by atoms with Crippen molar-refractivity contribution in [2.45, 2.75) is 38.8 Å². The van der Waals surface area contributed by atoms with E-state index >= 15 is 0 Å². The topological polar surface area (TPSA) is 96.5 Å². The molecule has 9 nitrogen and oxygen atoms in total. The van der Waals surface area contributed by atoms with Crippen LogP contribution in [-0.2, 0) is 35.6 Å². The van der Waals surface area contributed by atoms with Crippen LogP contribution in [0.25, 0.3) is 0 Å². The van der Waals surface area contributed by atoms with Gasteiger partial charge in [-0.3, -0.25) is 9.59 Å². The number of methoxy groups -OCH3 is 2. The number of ether oxygens (including phenoxy) is 2. The quantitative estimate of drug-likeness (QED) is 0.397. The molecule has 1 aliphatic rings. The van der Waals surface area contributed by atoms with Crippen LogP contribution < -0.4 is 0 Å². The monoisotopic (exact) mass is 517 g/mol. The Labute approximate surface area is 208 Å². The minimum absolute atomic E-state index is 0.0266. The summed E-state index contributed by atoms with van der Waals surface area (Å²) < 4.78 is 36.8. The summed E-state index contributed by atoms with van der Waals surface area (Å²) in [6.07, 6.45) is 1.67. The molecule has 0 atom stereocenters. The molecule has 0 unspecified atom stereocenters. The highest BCUT2D eigenvalue weighted by Crippen LogP contribution is 2.21. The number of piperidine rings is 1. The molecule has 2 rings (SSSR count). The number of sulfonamides is 1. The van der Waals surface area contributed by atoms with Gasteiger partial charge in [0.1, 0.15) is 6.61 Å². The summed E-state index contributed by atoms with van der Waals surface area (Å²) in [4.78, 5) is 29.2. The Morgan fingerprint density at radius 3 is 2.32 bits per heavy atom. The molecule has 2 amide bonds. The maximum absolute atomic E-state index is 13.5. The fourth-order valence-corrected chi connectivity index (χ4v) is 5.55. The van der Waals surface area contributed by atoms with Crippen molar-refractivity contribution >= 4 is 33.4 Å². The number of benzene rings is 1. The lowest BCUT2D eigenvalue weighted by Gasteiger charge is -2.39. The van der Waals surface area contributed by atoms with Gasteiger partial charge in [0.05, 0.1) is 18.9 Å². The van der Waals surface area contributed by atoms with Crippen LogP contribution in [0.3, 0.4) is 0 Å². The molecule has 192 valence electrons. The third-order valence-electron chi connectivity index (χ3n) is 5.82. The predicted molar refractivity (Wildman–Crippen MR) is 131 cm³/mol. The molecule has 0 bridgehead atoms. The largest absolute Gasteiger partial charge is 0.383 e. The van der Waals surface area contributed by atoms with Gasteiger partial charge in [-0.2, -0.15) is 4.31 Å². The Balaban J connectivity index is 2.21. The van der Waals surface area contributed by atoms with Crippen LogP contribution in [0.1, 0.15) is 31.7 Å². The van der Waals surface area contributed by atoms with Crippen LogP contribution in [0, 0.1) is 0 Å². The van der Waals surface area contributed by atoms with Crippen molar-refractivity contribution in [1.29, 1.82) is 0 Å². The minimum Gasteiger partial charge on any atom is -0.383 e. The van der Waals surface area contributed by atoms with Crippen molar-refractivity contribution in [3.63, 3.8) is 0 Å².